The van der Waals surface area contributed by atoms with Crippen molar-refractivity contribution in [3.63, 3.8) is 0 Å². The van der Waals surface area contributed by atoms with Crippen LogP contribution in [0.5, 0.6) is 0 Å². The van der Waals surface area contributed by atoms with E-state index >= 15 is 0 Å². The third kappa shape index (κ3) is 2.66. The highest BCUT2D eigenvalue weighted by Gasteiger charge is 2.32. The molecule has 1 unspecified atom stereocenters. The number of hydrogen-bond acceptors (Lipinski definition) is 5. The van der Waals surface area contributed by atoms with Crippen molar-refractivity contribution in [2.24, 2.45) is 0 Å². The zero-order chi connectivity index (χ0) is 13.0. The van der Waals surface area contributed by atoms with Crippen molar-refractivity contribution in [1.29, 1.82) is 0 Å². The first-order valence-electron chi connectivity index (χ1n) is 5.92. The standard InChI is InChI=1S/C11H16N4O3/c1-18-11(17)9-4-2-3-5-15(9)10(16)6-14-8-12-7-13-14/h7-9H,2-6H2,1H3. The number of amides is 1. The number of carbonyl (C=O) groups is 2. The molecule has 0 saturated carbocycles. The summed E-state index contributed by atoms with van der Waals surface area (Å²) in [6.45, 7) is 0.695. The summed E-state index contributed by atoms with van der Waals surface area (Å²) in [4.78, 5) is 29.1. The van der Waals surface area contributed by atoms with Gasteiger partial charge in [0.1, 0.15) is 25.2 Å². The van der Waals surface area contributed by atoms with E-state index in [1.165, 1.54) is 24.4 Å². The Labute approximate surface area is 105 Å². The molecule has 0 aliphatic carbocycles. The minimum Gasteiger partial charge on any atom is -0.467 e. The van der Waals surface area contributed by atoms with Crippen molar-refractivity contribution < 1.29 is 14.3 Å². The van der Waals surface area contributed by atoms with Gasteiger partial charge >= 0.3 is 5.97 Å². The van der Waals surface area contributed by atoms with Gasteiger partial charge in [-0.2, -0.15) is 5.10 Å². The Bertz CT molecular complexity index is 418. The number of rotatable bonds is 3. The number of carbonyl (C=O) groups excluding carboxylic acids is 2. The lowest BCUT2D eigenvalue weighted by atomic mass is 10.0. The normalized spacial score (nSPS) is 19.6. The van der Waals surface area contributed by atoms with E-state index in [-0.39, 0.29) is 18.4 Å². The van der Waals surface area contributed by atoms with Crippen molar-refractivity contribution >= 4 is 11.9 Å². The second kappa shape index (κ2) is 5.61. The zero-order valence-electron chi connectivity index (χ0n) is 10.3. The van der Waals surface area contributed by atoms with E-state index in [4.69, 9.17) is 4.74 Å². The maximum absolute atomic E-state index is 12.1. The monoisotopic (exact) mass is 252 g/mol. The Hall–Kier alpha value is -1.92. The van der Waals surface area contributed by atoms with E-state index in [9.17, 15) is 9.59 Å². The van der Waals surface area contributed by atoms with Crippen LogP contribution in [-0.4, -0.2) is 51.2 Å². The molecule has 98 valence electrons. The second-order valence-corrected chi connectivity index (χ2v) is 4.21. The molecule has 1 fully saturated rings. The van der Waals surface area contributed by atoms with Crippen LogP contribution in [0.2, 0.25) is 0 Å². The molecule has 1 saturated heterocycles. The number of piperidine rings is 1. The molecule has 0 spiro atoms. The van der Waals surface area contributed by atoms with Gasteiger partial charge in [-0.05, 0) is 19.3 Å². The van der Waals surface area contributed by atoms with Crippen LogP contribution in [-0.2, 0) is 20.9 Å². The third-order valence-corrected chi connectivity index (χ3v) is 3.06. The van der Waals surface area contributed by atoms with E-state index in [1.54, 1.807) is 4.90 Å². The van der Waals surface area contributed by atoms with Crippen LogP contribution >= 0.6 is 0 Å². The van der Waals surface area contributed by atoms with E-state index in [0.717, 1.165) is 12.8 Å². The van der Waals surface area contributed by atoms with Crippen molar-refractivity contribution in [3.8, 4) is 0 Å². The molecule has 0 bridgehead atoms. The first-order valence-corrected chi connectivity index (χ1v) is 5.92. The number of likely N-dealkylation sites (tertiary alicyclic amines) is 1. The maximum atomic E-state index is 12.1. The predicted molar refractivity (Wildman–Crippen MR) is 61.4 cm³/mol. The van der Waals surface area contributed by atoms with Crippen LogP contribution in [0, 0.1) is 0 Å². The summed E-state index contributed by atoms with van der Waals surface area (Å²) in [5, 5.41) is 3.88. The van der Waals surface area contributed by atoms with Crippen LogP contribution in [0.25, 0.3) is 0 Å². The Morgan fingerprint density at radius 1 is 1.44 bits per heavy atom. The molecule has 1 aromatic heterocycles. The van der Waals surface area contributed by atoms with E-state index in [0.29, 0.717) is 13.0 Å². The molecule has 1 aromatic rings. The maximum Gasteiger partial charge on any atom is 0.328 e. The summed E-state index contributed by atoms with van der Waals surface area (Å²) >= 11 is 0. The molecule has 2 heterocycles. The highest BCUT2D eigenvalue weighted by Crippen LogP contribution is 2.18. The van der Waals surface area contributed by atoms with Gasteiger partial charge in [0.2, 0.25) is 5.91 Å². The number of aromatic nitrogens is 3. The Morgan fingerprint density at radius 2 is 2.28 bits per heavy atom. The highest BCUT2D eigenvalue weighted by atomic mass is 16.5. The van der Waals surface area contributed by atoms with Gasteiger partial charge in [0.15, 0.2) is 0 Å². The van der Waals surface area contributed by atoms with Crippen molar-refractivity contribution in [3.05, 3.63) is 12.7 Å². The first kappa shape index (κ1) is 12.5. The minimum absolute atomic E-state index is 0.105. The molecule has 7 heteroatoms. The van der Waals surface area contributed by atoms with E-state index in [2.05, 4.69) is 10.1 Å². The van der Waals surface area contributed by atoms with E-state index < -0.39 is 6.04 Å². The minimum atomic E-state index is -0.459. The molecule has 1 atom stereocenters. The highest BCUT2D eigenvalue weighted by molar-refractivity contribution is 5.84. The van der Waals surface area contributed by atoms with Crippen LogP contribution in [0.15, 0.2) is 12.7 Å². The molecule has 1 aliphatic rings. The molecule has 1 aliphatic heterocycles. The number of esters is 1. The molecule has 1 amide bonds. The largest absolute Gasteiger partial charge is 0.467 e. The fourth-order valence-corrected chi connectivity index (χ4v) is 2.15. The third-order valence-electron chi connectivity index (χ3n) is 3.06. The summed E-state index contributed by atoms with van der Waals surface area (Å²) in [5.41, 5.74) is 0. The fraction of sp³-hybridized carbons (Fsp3) is 0.636. The van der Waals surface area contributed by atoms with Crippen molar-refractivity contribution in [1.82, 2.24) is 19.7 Å². The van der Waals surface area contributed by atoms with Crippen molar-refractivity contribution in [2.75, 3.05) is 13.7 Å². The average molecular weight is 252 g/mol. The van der Waals surface area contributed by atoms with Gasteiger partial charge in [-0.1, -0.05) is 0 Å². The molecular weight excluding hydrogens is 236 g/mol. The lowest BCUT2D eigenvalue weighted by Crippen LogP contribution is -2.49. The zero-order valence-corrected chi connectivity index (χ0v) is 10.3. The summed E-state index contributed by atoms with van der Waals surface area (Å²) < 4.78 is 6.19. The summed E-state index contributed by atoms with van der Waals surface area (Å²) in [5.74, 6) is -0.475. The number of nitrogens with zero attached hydrogens (tertiary/aromatic N) is 4. The molecule has 0 N–H and O–H groups in total. The van der Waals surface area contributed by atoms with Gasteiger partial charge in [0, 0.05) is 6.54 Å². The van der Waals surface area contributed by atoms with Crippen LogP contribution < -0.4 is 0 Å². The lowest BCUT2D eigenvalue weighted by molar-refractivity contribution is -0.155. The molecule has 7 nitrogen and oxygen atoms in total. The molecule has 0 aromatic carbocycles. The summed E-state index contributed by atoms with van der Waals surface area (Å²) in [6.07, 6.45) is 5.37. The van der Waals surface area contributed by atoms with Crippen LogP contribution in [0.3, 0.4) is 0 Å². The number of ether oxygens (including phenoxy) is 1. The topological polar surface area (TPSA) is 77.3 Å². The predicted octanol–water partition coefficient (Wildman–Crippen LogP) is -0.168. The SMILES string of the molecule is COC(=O)C1CCCCN1C(=O)Cn1cncn1. The molecule has 2 rings (SSSR count). The Balaban J connectivity index is 2.04. The van der Waals surface area contributed by atoms with Gasteiger partial charge < -0.3 is 9.64 Å². The summed E-state index contributed by atoms with van der Waals surface area (Å²) in [6, 6.07) is -0.459. The van der Waals surface area contributed by atoms with Crippen LogP contribution in [0.4, 0.5) is 0 Å². The number of methoxy groups -OCH3 is 1. The fourth-order valence-electron chi connectivity index (χ4n) is 2.15. The van der Waals surface area contributed by atoms with Crippen LogP contribution in [0.1, 0.15) is 19.3 Å². The van der Waals surface area contributed by atoms with Gasteiger partial charge in [-0.3, -0.25) is 4.79 Å². The smallest absolute Gasteiger partial charge is 0.328 e. The Kier molecular flexibility index (Phi) is 3.91. The Morgan fingerprint density at radius 3 is 2.94 bits per heavy atom. The second-order valence-electron chi connectivity index (χ2n) is 4.21. The van der Waals surface area contributed by atoms with E-state index in [1.807, 2.05) is 0 Å². The average Bonchev–Trinajstić information content (AvgIpc) is 2.90. The lowest BCUT2D eigenvalue weighted by Gasteiger charge is -2.33. The van der Waals surface area contributed by atoms with Gasteiger partial charge in [0.05, 0.1) is 7.11 Å². The quantitative estimate of drug-likeness (QED) is 0.698. The first-order chi connectivity index (χ1) is 8.72. The van der Waals surface area contributed by atoms with Gasteiger partial charge in [-0.15, -0.1) is 0 Å². The van der Waals surface area contributed by atoms with Gasteiger partial charge in [-0.25, -0.2) is 14.5 Å². The molecular formula is C11H16N4O3. The summed E-state index contributed by atoms with van der Waals surface area (Å²) in [7, 11) is 1.34. The number of hydrogen-bond donors (Lipinski definition) is 0. The molecule has 18 heavy (non-hydrogen) atoms. The molecule has 0 radical (unpaired) electrons. The van der Waals surface area contributed by atoms with Crippen molar-refractivity contribution in [2.45, 2.75) is 31.8 Å². The van der Waals surface area contributed by atoms with Gasteiger partial charge in [0.25, 0.3) is 0 Å².